The highest BCUT2D eigenvalue weighted by Crippen LogP contribution is 2.35. The van der Waals surface area contributed by atoms with E-state index < -0.39 is 0 Å². The molecular weight excluding hydrogens is 387 g/mol. The summed E-state index contributed by atoms with van der Waals surface area (Å²) in [7, 11) is 1.80. The molecule has 3 aromatic rings. The third-order valence-corrected chi connectivity index (χ3v) is 5.81. The minimum absolute atomic E-state index is 0.240. The molecule has 6 heteroatoms. The van der Waals surface area contributed by atoms with E-state index in [1.165, 1.54) is 28.4 Å². The number of amides is 2. The molecule has 0 fully saturated rings. The van der Waals surface area contributed by atoms with Crippen LogP contribution in [0.1, 0.15) is 10.4 Å². The van der Waals surface area contributed by atoms with E-state index in [-0.39, 0.29) is 24.2 Å². The summed E-state index contributed by atoms with van der Waals surface area (Å²) < 4.78 is 13.1. The summed E-state index contributed by atoms with van der Waals surface area (Å²) in [6, 6.07) is 19.3. The molecule has 0 aliphatic carbocycles. The number of hydrogen-bond acceptors (Lipinski definition) is 4. The van der Waals surface area contributed by atoms with E-state index in [0.29, 0.717) is 17.7 Å². The van der Waals surface area contributed by atoms with Crippen LogP contribution < -0.4 is 4.90 Å². The van der Waals surface area contributed by atoms with Crippen LogP contribution in [-0.2, 0) is 16.0 Å². The summed E-state index contributed by atoms with van der Waals surface area (Å²) >= 11 is 1.43. The normalized spacial score (nSPS) is 14.1. The van der Waals surface area contributed by atoms with E-state index in [9.17, 15) is 14.0 Å². The summed E-state index contributed by atoms with van der Waals surface area (Å²) in [5.41, 5.74) is 2.51. The Balaban J connectivity index is 1.65. The fourth-order valence-electron chi connectivity index (χ4n) is 3.39. The average Bonchev–Trinajstić information content (AvgIpc) is 3.34. The highest BCUT2D eigenvalue weighted by molar-refractivity contribution is 7.11. The summed E-state index contributed by atoms with van der Waals surface area (Å²) in [5.74, 6) is -0.917. The number of imide groups is 1. The first kappa shape index (κ1) is 19.1. The number of carbonyl (C=O) groups is 2. The van der Waals surface area contributed by atoms with Crippen molar-refractivity contribution >= 4 is 34.4 Å². The lowest BCUT2D eigenvalue weighted by atomic mass is 10.1. The zero-order valence-corrected chi connectivity index (χ0v) is 16.7. The Labute approximate surface area is 172 Å². The Morgan fingerprint density at radius 3 is 2.31 bits per heavy atom. The lowest BCUT2D eigenvalue weighted by molar-refractivity contribution is -0.136. The van der Waals surface area contributed by atoms with Gasteiger partial charge in [-0.2, -0.15) is 0 Å². The number of hydrogen-bond donors (Lipinski definition) is 0. The van der Waals surface area contributed by atoms with Crippen molar-refractivity contribution < 1.29 is 14.0 Å². The van der Waals surface area contributed by atoms with Gasteiger partial charge in [0.25, 0.3) is 11.8 Å². The zero-order chi connectivity index (χ0) is 20.4. The molecule has 1 aromatic heterocycles. The SMILES string of the molecule is CN(C1=C(c2cccs2)C(=O)N(CCc2ccc(F)cc2)C1=O)c1ccccc1. The molecule has 0 atom stereocenters. The maximum Gasteiger partial charge on any atom is 0.278 e. The van der Waals surface area contributed by atoms with E-state index in [0.717, 1.165) is 16.1 Å². The van der Waals surface area contributed by atoms with Crippen LogP contribution in [0.15, 0.2) is 77.8 Å². The molecule has 0 unspecified atom stereocenters. The van der Waals surface area contributed by atoms with Crippen LogP contribution in [0.4, 0.5) is 10.1 Å². The summed E-state index contributed by atoms with van der Waals surface area (Å²) in [6.45, 7) is 0.240. The van der Waals surface area contributed by atoms with Crippen LogP contribution in [0.5, 0.6) is 0 Å². The van der Waals surface area contributed by atoms with Gasteiger partial charge in [-0.25, -0.2) is 4.39 Å². The first-order valence-electron chi connectivity index (χ1n) is 9.24. The van der Waals surface area contributed by atoms with Gasteiger partial charge in [0.05, 0.1) is 5.57 Å². The first-order chi connectivity index (χ1) is 14.1. The molecule has 2 heterocycles. The molecule has 0 spiro atoms. The second-order valence-corrected chi connectivity index (χ2v) is 7.68. The average molecular weight is 406 g/mol. The molecule has 0 bridgehead atoms. The van der Waals surface area contributed by atoms with Gasteiger partial charge in [-0.15, -0.1) is 11.3 Å². The van der Waals surface area contributed by atoms with Crippen LogP contribution in [0, 0.1) is 5.82 Å². The summed E-state index contributed by atoms with van der Waals surface area (Å²) in [4.78, 5) is 30.3. The molecular formula is C23H19FN2O2S. The molecule has 2 aromatic carbocycles. The molecule has 0 N–H and O–H groups in total. The molecule has 0 radical (unpaired) electrons. The van der Waals surface area contributed by atoms with Crippen molar-refractivity contribution in [1.82, 2.24) is 4.90 Å². The van der Waals surface area contributed by atoms with E-state index >= 15 is 0 Å². The van der Waals surface area contributed by atoms with Crippen molar-refractivity contribution in [3.05, 3.63) is 94.1 Å². The van der Waals surface area contributed by atoms with Crippen molar-refractivity contribution in [3.8, 4) is 0 Å². The van der Waals surface area contributed by atoms with Crippen molar-refractivity contribution in [1.29, 1.82) is 0 Å². The molecule has 29 heavy (non-hydrogen) atoms. The van der Waals surface area contributed by atoms with Crippen LogP contribution >= 0.6 is 11.3 Å². The number of likely N-dealkylation sites (N-methyl/N-ethyl adjacent to an activating group) is 1. The number of benzene rings is 2. The predicted molar refractivity (Wildman–Crippen MR) is 113 cm³/mol. The third-order valence-electron chi connectivity index (χ3n) is 4.93. The van der Waals surface area contributed by atoms with Gasteiger partial charge in [-0.05, 0) is 47.7 Å². The molecule has 2 amide bonds. The first-order valence-corrected chi connectivity index (χ1v) is 10.1. The minimum Gasteiger partial charge on any atom is -0.339 e. The maximum atomic E-state index is 13.3. The monoisotopic (exact) mass is 406 g/mol. The van der Waals surface area contributed by atoms with E-state index in [2.05, 4.69) is 0 Å². The Morgan fingerprint density at radius 2 is 1.66 bits per heavy atom. The largest absolute Gasteiger partial charge is 0.339 e. The van der Waals surface area contributed by atoms with Crippen molar-refractivity contribution in [2.75, 3.05) is 18.5 Å². The topological polar surface area (TPSA) is 40.6 Å². The van der Waals surface area contributed by atoms with Gasteiger partial charge in [-0.1, -0.05) is 36.4 Å². The van der Waals surface area contributed by atoms with Crippen LogP contribution in [0.25, 0.3) is 5.57 Å². The van der Waals surface area contributed by atoms with Crippen LogP contribution in [-0.4, -0.2) is 30.3 Å². The molecule has 0 saturated heterocycles. The molecule has 0 saturated carbocycles. The Morgan fingerprint density at radius 1 is 0.931 bits per heavy atom. The second-order valence-electron chi connectivity index (χ2n) is 6.73. The molecule has 4 nitrogen and oxygen atoms in total. The highest BCUT2D eigenvalue weighted by Gasteiger charge is 2.41. The fraction of sp³-hybridized carbons (Fsp3) is 0.130. The summed E-state index contributed by atoms with van der Waals surface area (Å²) in [5, 5.41) is 1.89. The molecule has 1 aliphatic rings. The van der Waals surface area contributed by atoms with Crippen molar-refractivity contribution in [2.24, 2.45) is 0 Å². The Kier molecular flexibility index (Phi) is 5.27. The fourth-order valence-corrected chi connectivity index (χ4v) is 4.16. The molecule has 4 rings (SSSR count). The van der Waals surface area contributed by atoms with Gasteiger partial charge in [-0.3, -0.25) is 14.5 Å². The number of anilines is 1. The quantitative estimate of drug-likeness (QED) is 0.572. The molecule has 146 valence electrons. The van der Waals surface area contributed by atoms with Gasteiger partial charge >= 0.3 is 0 Å². The number of para-hydroxylation sites is 1. The highest BCUT2D eigenvalue weighted by atomic mass is 32.1. The molecule has 1 aliphatic heterocycles. The summed E-state index contributed by atoms with van der Waals surface area (Å²) in [6.07, 6.45) is 0.470. The third kappa shape index (κ3) is 3.71. The Bertz CT molecular complexity index is 1060. The van der Waals surface area contributed by atoms with E-state index in [1.807, 2.05) is 47.8 Å². The Hall–Kier alpha value is -3.25. The van der Waals surface area contributed by atoms with Crippen LogP contribution in [0.3, 0.4) is 0 Å². The van der Waals surface area contributed by atoms with E-state index in [1.54, 1.807) is 24.1 Å². The van der Waals surface area contributed by atoms with Crippen molar-refractivity contribution in [2.45, 2.75) is 6.42 Å². The number of carbonyl (C=O) groups excluding carboxylic acids is 2. The van der Waals surface area contributed by atoms with Gasteiger partial charge in [0.2, 0.25) is 0 Å². The number of rotatable bonds is 6. The van der Waals surface area contributed by atoms with E-state index in [4.69, 9.17) is 0 Å². The smallest absolute Gasteiger partial charge is 0.278 e. The van der Waals surface area contributed by atoms with Crippen molar-refractivity contribution in [3.63, 3.8) is 0 Å². The van der Waals surface area contributed by atoms with Crippen LogP contribution in [0.2, 0.25) is 0 Å². The lowest BCUT2D eigenvalue weighted by Gasteiger charge is -2.21. The lowest BCUT2D eigenvalue weighted by Crippen LogP contribution is -2.35. The zero-order valence-electron chi connectivity index (χ0n) is 15.8. The van der Waals surface area contributed by atoms with Gasteiger partial charge in [0.15, 0.2) is 0 Å². The van der Waals surface area contributed by atoms with Gasteiger partial charge < -0.3 is 4.90 Å². The van der Waals surface area contributed by atoms with Gasteiger partial charge in [0.1, 0.15) is 11.5 Å². The number of thiophene rings is 1. The second kappa shape index (κ2) is 8.01. The maximum absolute atomic E-state index is 13.3. The minimum atomic E-state index is -0.313. The predicted octanol–water partition coefficient (Wildman–Crippen LogP) is 4.35. The number of halogens is 1. The standard InChI is InChI=1S/C23H19FN2O2S/c1-25(18-6-3-2-4-7-18)21-20(19-8-5-15-29-19)22(27)26(23(21)28)14-13-16-9-11-17(24)12-10-16/h2-12,15H,13-14H2,1H3. The number of nitrogens with zero attached hydrogens (tertiary/aromatic N) is 2. The van der Waals surface area contributed by atoms with Gasteiger partial charge in [0, 0.05) is 24.2 Å².